The number of piperidine rings is 1. The molecule has 2 rings (SSSR count). The molecule has 1 aliphatic heterocycles. The van der Waals surface area contributed by atoms with Gasteiger partial charge in [0.15, 0.2) is 0 Å². The van der Waals surface area contributed by atoms with E-state index in [1.807, 2.05) is 0 Å². The first kappa shape index (κ1) is 12.8. The molecule has 4 heteroatoms. The third-order valence-electron chi connectivity index (χ3n) is 4.26. The summed E-state index contributed by atoms with van der Waals surface area (Å²) in [6.07, 6.45) is 3.03. The van der Waals surface area contributed by atoms with Gasteiger partial charge in [0, 0.05) is 13.7 Å². The smallest absolute Gasteiger partial charge is 0.228 e. The Balaban J connectivity index is 1.87. The minimum atomic E-state index is -0.294. The zero-order chi connectivity index (χ0) is 12.3. The number of hydrogen-bond donors (Lipinski definition) is 2. The second-order valence-electron chi connectivity index (χ2n) is 5.65. The second kappa shape index (κ2) is 5.36. The molecular formula is C13H24N2O2. The van der Waals surface area contributed by atoms with E-state index in [-0.39, 0.29) is 11.3 Å². The summed E-state index contributed by atoms with van der Waals surface area (Å²) in [5, 5.41) is 6.43. The van der Waals surface area contributed by atoms with Gasteiger partial charge in [-0.15, -0.1) is 0 Å². The molecule has 2 unspecified atom stereocenters. The van der Waals surface area contributed by atoms with E-state index in [0.717, 1.165) is 38.4 Å². The molecule has 17 heavy (non-hydrogen) atoms. The Morgan fingerprint density at radius 2 is 2.12 bits per heavy atom. The predicted octanol–water partition coefficient (Wildman–Crippen LogP) is 0.775. The second-order valence-corrected chi connectivity index (χ2v) is 5.65. The van der Waals surface area contributed by atoms with E-state index in [0.29, 0.717) is 12.5 Å². The average molecular weight is 240 g/mol. The highest BCUT2D eigenvalue weighted by Crippen LogP contribution is 2.37. The summed E-state index contributed by atoms with van der Waals surface area (Å²) in [4.78, 5) is 12.3. The first-order chi connectivity index (χ1) is 8.18. The molecule has 0 aromatic heterocycles. The molecule has 0 radical (unpaired) electrons. The van der Waals surface area contributed by atoms with Crippen molar-refractivity contribution in [2.45, 2.75) is 26.2 Å². The van der Waals surface area contributed by atoms with Gasteiger partial charge in [-0.25, -0.2) is 0 Å². The van der Waals surface area contributed by atoms with E-state index in [4.69, 9.17) is 4.74 Å². The van der Waals surface area contributed by atoms with Crippen molar-refractivity contribution in [1.82, 2.24) is 10.6 Å². The van der Waals surface area contributed by atoms with Crippen LogP contribution in [0, 0.1) is 17.3 Å². The zero-order valence-electron chi connectivity index (χ0n) is 10.9. The molecule has 0 aromatic carbocycles. The zero-order valence-corrected chi connectivity index (χ0v) is 10.9. The predicted molar refractivity (Wildman–Crippen MR) is 66.7 cm³/mol. The Labute approximate surface area is 103 Å². The van der Waals surface area contributed by atoms with Crippen LogP contribution in [0.5, 0.6) is 0 Å². The molecule has 1 saturated carbocycles. The maximum Gasteiger partial charge on any atom is 0.228 e. The number of carbonyl (C=O) groups excluding carboxylic acids is 1. The topological polar surface area (TPSA) is 50.4 Å². The summed E-state index contributed by atoms with van der Waals surface area (Å²) in [6.45, 7) is 5.46. The van der Waals surface area contributed by atoms with E-state index in [2.05, 4.69) is 17.6 Å². The highest BCUT2D eigenvalue weighted by molar-refractivity contribution is 5.83. The van der Waals surface area contributed by atoms with Crippen molar-refractivity contribution < 1.29 is 9.53 Å². The molecule has 1 saturated heterocycles. The number of amides is 1. The first-order valence-electron chi connectivity index (χ1n) is 6.66. The lowest BCUT2D eigenvalue weighted by Gasteiger charge is -2.35. The third-order valence-corrected chi connectivity index (χ3v) is 4.26. The van der Waals surface area contributed by atoms with Gasteiger partial charge in [0.2, 0.25) is 5.91 Å². The fourth-order valence-corrected chi connectivity index (χ4v) is 2.71. The van der Waals surface area contributed by atoms with Gasteiger partial charge in [-0.2, -0.15) is 0 Å². The van der Waals surface area contributed by atoms with E-state index in [9.17, 15) is 4.79 Å². The SMILES string of the molecule is COCC1(C(=O)NCC2CC2C)CCNCC1. The summed E-state index contributed by atoms with van der Waals surface area (Å²) >= 11 is 0. The van der Waals surface area contributed by atoms with E-state index in [1.54, 1.807) is 7.11 Å². The molecule has 0 aromatic rings. The minimum Gasteiger partial charge on any atom is -0.384 e. The molecule has 2 fully saturated rings. The largest absolute Gasteiger partial charge is 0.384 e. The van der Waals surface area contributed by atoms with Crippen LogP contribution in [0.2, 0.25) is 0 Å². The molecule has 98 valence electrons. The van der Waals surface area contributed by atoms with Gasteiger partial charge in [-0.3, -0.25) is 4.79 Å². The standard InChI is InChI=1S/C13H24N2O2/c1-10-7-11(10)8-15-12(16)13(9-17-2)3-5-14-6-4-13/h10-11,14H,3-9H2,1-2H3,(H,15,16). The van der Waals surface area contributed by atoms with Gasteiger partial charge in [0.25, 0.3) is 0 Å². The summed E-state index contributed by atoms with van der Waals surface area (Å²) in [7, 11) is 1.68. The highest BCUT2D eigenvalue weighted by Gasteiger charge is 2.41. The third kappa shape index (κ3) is 2.99. The fraction of sp³-hybridized carbons (Fsp3) is 0.923. The van der Waals surface area contributed by atoms with Gasteiger partial charge in [-0.05, 0) is 44.2 Å². The van der Waals surface area contributed by atoms with Gasteiger partial charge >= 0.3 is 0 Å². The van der Waals surface area contributed by atoms with Gasteiger partial charge in [0.1, 0.15) is 0 Å². The van der Waals surface area contributed by atoms with Crippen LogP contribution in [0.15, 0.2) is 0 Å². The molecule has 0 bridgehead atoms. The van der Waals surface area contributed by atoms with Crippen molar-refractivity contribution in [1.29, 1.82) is 0 Å². The number of nitrogens with one attached hydrogen (secondary N) is 2. The van der Waals surface area contributed by atoms with Crippen LogP contribution < -0.4 is 10.6 Å². The molecule has 1 aliphatic carbocycles. The fourth-order valence-electron chi connectivity index (χ4n) is 2.71. The van der Waals surface area contributed by atoms with Crippen molar-refractivity contribution in [3.05, 3.63) is 0 Å². The van der Waals surface area contributed by atoms with Gasteiger partial charge in [0.05, 0.1) is 12.0 Å². The maximum atomic E-state index is 12.3. The minimum absolute atomic E-state index is 0.194. The lowest BCUT2D eigenvalue weighted by molar-refractivity contribution is -0.136. The molecule has 4 nitrogen and oxygen atoms in total. The number of ether oxygens (including phenoxy) is 1. The number of rotatable bonds is 5. The van der Waals surface area contributed by atoms with E-state index < -0.39 is 0 Å². The summed E-state index contributed by atoms with van der Waals surface area (Å²) in [5.41, 5.74) is -0.294. The summed E-state index contributed by atoms with van der Waals surface area (Å²) in [6, 6.07) is 0. The number of carbonyl (C=O) groups is 1. The van der Waals surface area contributed by atoms with Crippen LogP contribution in [0.4, 0.5) is 0 Å². The normalized spacial score (nSPS) is 30.9. The van der Waals surface area contributed by atoms with Crippen molar-refractivity contribution >= 4 is 5.91 Å². The van der Waals surface area contributed by atoms with Crippen molar-refractivity contribution in [2.24, 2.45) is 17.3 Å². The number of methoxy groups -OCH3 is 1. The van der Waals surface area contributed by atoms with E-state index in [1.165, 1.54) is 6.42 Å². The maximum absolute atomic E-state index is 12.3. The molecule has 0 spiro atoms. The first-order valence-corrected chi connectivity index (χ1v) is 6.66. The summed E-state index contributed by atoms with van der Waals surface area (Å²) < 4.78 is 5.26. The van der Waals surface area contributed by atoms with Gasteiger partial charge < -0.3 is 15.4 Å². The van der Waals surface area contributed by atoms with Crippen molar-refractivity contribution in [3.63, 3.8) is 0 Å². The molecule has 1 heterocycles. The molecule has 2 aliphatic rings. The van der Waals surface area contributed by atoms with Crippen LogP contribution in [0.3, 0.4) is 0 Å². The van der Waals surface area contributed by atoms with Crippen LogP contribution in [0.25, 0.3) is 0 Å². The van der Waals surface area contributed by atoms with E-state index >= 15 is 0 Å². The van der Waals surface area contributed by atoms with Crippen LogP contribution in [-0.2, 0) is 9.53 Å². The Morgan fingerprint density at radius 3 is 2.65 bits per heavy atom. The van der Waals surface area contributed by atoms with Crippen LogP contribution >= 0.6 is 0 Å². The van der Waals surface area contributed by atoms with Crippen molar-refractivity contribution in [3.8, 4) is 0 Å². The quantitative estimate of drug-likeness (QED) is 0.746. The molecule has 2 N–H and O–H groups in total. The van der Waals surface area contributed by atoms with Crippen LogP contribution in [0.1, 0.15) is 26.2 Å². The molecule has 2 atom stereocenters. The van der Waals surface area contributed by atoms with Crippen LogP contribution in [-0.4, -0.2) is 39.3 Å². The Kier molecular flexibility index (Phi) is 4.05. The number of hydrogen-bond acceptors (Lipinski definition) is 3. The summed E-state index contributed by atoms with van der Waals surface area (Å²) in [5.74, 6) is 1.70. The Bertz CT molecular complexity index is 269. The Hall–Kier alpha value is -0.610. The molecular weight excluding hydrogens is 216 g/mol. The Morgan fingerprint density at radius 1 is 1.47 bits per heavy atom. The van der Waals surface area contributed by atoms with Gasteiger partial charge in [-0.1, -0.05) is 6.92 Å². The molecule has 1 amide bonds. The average Bonchev–Trinajstić information content (AvgIpc) is 3.04. The lowest BCUT2D eigenvalue weighted by atomic mass is 9.78. The lowest BCUT2D eigenvalue weighted by Crippen LogP contribution is -2.50. The monoisotopic (exact) mass is 240 g/mol. The van der Waals surface area contributed by atoms with Crippen molar-refractivity contribution in [2.75, 3.05) is 33.4 Å². The highest BCUT2D eigenvalue weighted by atomic mass is 16.5.